The topological polar surface area (TPSA) is 66.9 Å². The predicted octanol–water partition coefficient (Wildman–Crippen LogP) is 4.22. The Morgan fingerprint density at radius 1 is 1.27 bits per heavy atom. The van der Waals surface area contributed by atoms with Crippen molar-refractivity contribution in [3.8, 4) is 0 Å². The van der Waals surface area contributed by atoms with Gasteiger partial charge in [0.25, 0.3) is 11.5 Å². The van der Waals surface area contributed by atoms with Gasteiger partial charge in [-0.25, -0.2) is 0 Å². The summed E-state index contributed by atoms with van der Waals surface area (Å²) in [6.45, 7) is 8.12. The quantitative estimate of drug-likeness (QED) is 0.669. The third-order valence-corrected chi connectivity index (χ3v) is 4.98. The van der Waals surface area contributed by atoms with Crippen LogP contribution in [-0.2, 0) is 6.54 Å². The Hall–Kier alpha value is -2.34. The van der Waals surface area contributed by atoms with E-state index in [0.29, 0.717) is 17.2 Å². The lowest BCUT2D eigenvalue weighted by atomic mass is 10.1. The summed E-state index contributed by atoms with van der Waals surface area (Å²) in [5.74, 6) is -0.197. The lowest BCUT2D eigenvalue weighted by molar-refractivity contribution is 0.0952. The fourth-order valence-corrected chi connectivity index (χ4v) is 3.68. The molecular formula is C20H22BrN3O2. The maximum Gasteiger partial charge on any atom is 0.253 e. The van der Waals surface area contributed by atoms with Gasteiger partial charge in [0.05, 0.1) is 5.52 Å². The van der Waals surface area contributed by atoms with Crippen LogP contribution in [0.5, 0.6) is 0 Å². The Morgan fingerprint density at radius 3 is 2.65 bits per heavy atom. The molecule has 1 amide bonds. The maximum absolute atomic E-state index is 12.8. The Kier molecular flexibility index (Phi) is 5.05. The van der Waals surface area contributed by atoms with Crippen LogP contribution in [0, 0.1) is 13.8 Å². The SMILES string of the molecule is Cc1cc(C)c(CNC(=O)c2cc(Br)cc3c2ccn3C(C)C)c(=O)[nH]1. The zero-order valence-electron chi connectivity index (χ0n) is 15.3. The van der Waals surface area contributed by atoms with Crippen LogP contribution in [0.15, 0.2) is 39.7 Å². The average molecular weight is 416 g/mol. The molecule has 0 radical (unpaired) electrons. The maximum atomic E-state index is 12.8. The number of aromatic nitrogens is 2. The zero-order valence-corrected chi connectivity index (χ0v) is 16.9. The summed E-state index contributed by atoms with van der Waals surface area (Å²) in [5.41, 5.74) is 3.70. The van der Waals surface area contributed by atoms with Gasteiger partial charge >= 0.3 is 0 Å². The van der Waals surface area contributed by atoms with Crippen LogP contribution in [0.4, 0.5) is 0 Å². The van der Waals surface area contributed by atoms with Gasteiger partial charge in [-0.05, 0) is 57.5 Å². The third kappa shape index (κ3) is 3.46. The van der Waals surface area contributed by atoms with Gasteiger partial charge in [-0.15, -0.1) is 0 Å². The number of amides is 1. The summed E-state index contributed by atoms with van der Waals surface area (Å²) in [5, 5.41) is 3.78. The van der Waals surface area contributed by atoms with Crippen molar-refractivity contribution in [2.45, 2.75) is 40.3 Å². The van der Waals surface area contributed by atoms with Crippen LogP contribution in [0.25, 0.3) is 10.9 Å². The first kappa shape index (κ1) is 18.5. The molecule has 0 atom stereocenters. The summed E-state index contributed by atoms with van der Waals surface area (Å²) in [6.07, 6.45) is 1.99. The first-order chi connectivity index (χ1) is 12.3. The largest absolute Gasteiger partial charge is 0.348 e. The fraction of sp³-hybridized carbons (Fsp3) is 0.300. The van der Waals surface area contributed by atoms with Crippen molar-refractivity contribution >= 4 is 32.7 Å². The smallest absolute Gasteiger partial charge is 0.253 e. The molecule has 6 heteroatoms. The monoisotopic (exact) mass is 415 g/mol. The third-order valence-electron chi connectivity index (χ3n) is 4.52. The number of hydrogen-bond donors (Lipinski definition) is 2. The van der Waals surface area contributed by atoms with Crippen LogP contribution in [-0.4, -0.2) is 15.5 Å². The Balaban J connectivity index is 1.93. The van der Waals surface area contributed by atoms with E-state index >= 15 is 0 Å². The van der Waals surface area contributed by atoms with Gasteiger partial charge in [0.2, 0.25) is 0 Å². The summed E-state index contributed by atoms with van der Waals surface area (Å²) in [6, 6.07) is 7.99. The number of hydrogen-bond acceptors (Lipinski definition) is 2. The molecule has 1 aromatic carbocycles. The number of fused-ring (bicyclic) bond motifs is 1. The van der Waals surface area contributed by atoms with Gasteiger partial charge in [-0.2, -0.15) is 0 Å². The molecular weight excluding hydrogens is 394 g/mol. The number of H-pyrrole nitrogens is 1. The van der Waals surface area contributed by atoms with E-state index in [1.807, 2.05) is 44.3 Å². The highest BCUT2D eigenvalue weighted by molar-refractivity contribution is 9.10. The minimum absolute atomic E-state index is 0.159. The molecule has 3 rings (SSSR count). The fourth-order valence-electron chi connectivity index (χ4n) is 3.23. The van der Waals surface area contributed by atoms with Crippen LogP contribution >= 0.6 is 15.9 Å². The molecule has 2 aromatic heterocycles. The molecule has 0 spiro atoms. The predicted molar refractivity (Wildman–Crippen MR) is 108 cm³/mol. The van der Waals surface area contributed by atoms with E-state index in [9.17, 15) is 9.59 Å². The van der Waals surface area contributed by atoms with Crippen LogP contribution in [0.3, 0.4) is 0 Å². The second-order valence-electron chi connectivity index (χ2n) is 6.83. The van der Waals surface area contributed by atoms with Gasteiger partial charge in [0, 0.05) is 45.5 Å². The molecule has 0 saturated carbocycles. The van der Waals surface area contributed by atoms with Gasteiger partial charge in [-0.3, -0.25) is 9.59 Å². The van der Waals surface area contributed by atoms with Crippen LogP contribution in [0.2, 0.25) is 0 Å². The van der Waals surface area contributed by atoms with Crippen molar-refractivity contribution in [1.82, 2.24) is 14.9 Å². The van der Waals surface area contributed by atoms with Crippen molar-refractivity contribution in [2.24, 2.45) is 0 Å². The molecule has 26 heavy (non-hydrogen) atoms. The van der Waals surface area contributed by atoms with Crippen molar-refractivity contribution < 1.29 is 4.79 Å². The molecule has 0 unspecified atom stereocenters. The number of rotatable bonds is 4. The molecule has 2 heterocycles. The average Bonchev–Trinajstić information content (AvgIpc) is 2.96. The summed E-state index contributed by atoms with van der Waals surface area (Å²) in [7, 11) is 0. The molecule has 0 aliphatic rings. The summed E-state index contributed by atoms with van der Waals surface area (Å²) in [4.78, 5) is 27.7. The van der Waals surface area contributed by atoms with Gasteiger partial charge < -0.3 is 14.9 Å². The highest BCUT2D eigenvalue weighted by Gasteiger charge is 2.16. The molecule has 0 aliphatic heterocycles. The number of halogens is 1. The molecule has 0 fully saturated rings. The highest BCUT2D eigenvalue weighted by atomic mass is 79.9. The van der Waals surface area contributed by atoms with E-state index in [0.717, 1.165) is 26.6 Å². The number of benzene rings is 1. The second-order valence-corrected chi connectivity index (χ2v) is 7.74. The molecule has 0 bridgehead atoms. The number of aromatic amines is 1. The number of nitrogens with one attached hydrogen (secondary N) is 2. The lowest BCUT2D eigenvalue weighted by Gasteiger charge is -2.12. The molecule has 3 aromatic rings. The Bertz CT molecular complexity index is 1050. The molecule has 0 aliphatic carbocycles. The Morgan fingerprint density at radius 2 is 2.00 bits per heavy atom. The van der Waals surface area contributed by atoms with E-state index in [1.54, 1.807) is 0 Å². The lowest BCUT2D eigenvalue weighted by Crippen LogP contribution is -2.28. The number of nitrogens with zero attached hydrogens (tertiary/aromatic N) is 1. The minimum atomic E-state index is -0.197. The van der Waals surface area contributed by atoms with Gasteiger partial charge in [0.15, 0.2) is 0 Å². The zero-order chi connectivity index (χ0) is 19.0. The number of carbonyl (C=O) groups is 1. The van der Waals surface area contributed by atoms with Crippen molar-refractivity contribution in [3.05, 3.63) is 67.7 Å². The molecule has 2 N–H and O–H groups in total. The number of carbonyl (C=O) groups excluding carboxylic acids is 1. The Labute approximate surface area is 160 Å². The first-order valence-corrected chi connectivity index (χ1v) is 9.35. The standard InChI is InChI=1S/C20H22BrN3O2/c1-11(2)24-6-5-15-16(8-14(21)9-18(15)24)19(25)22-10-17-12(3)7-13(4)23-20(17)26/h5-9,11H,10H2,1-4H3,(H,22,25)(H,23,26). The van der Waals surface area contributed by atoms with Crippen LogP contribution in [0.1, 0.15) is 47.1 Å². The van der Waals surface area contributed by atoms with E-state index in [4.69, 9.17) is 0 Å². The van der Waals surface area contributed by atoms with E-state index in [1.165, 1.54) is 0 Å². The highest BCUT2D eigenvalue weighted by Crippen LogP contribution is 2.27. The normalized spacial score (nSPS) is 11.3. The first-order valence-electron chi connectivity index (χ1n) is 8.55. The molecule has 136 valence electrons. The van der Waals surface area contributed by atoms with Gasteiger partial charge in [-0.1, -0.05) is 15.9 Å². The number of pyridine rings is 1. The summed E-state index contributed by atoms with van der Waals surface area (Å²) >= 11 is 3.50. The van der Waals surface area contributed by atoms with E-state index in [2.05, 4.69) is 44.6 Å². The van der Waals surface area contributed by atoms with E-state index < -0.39 is 0 Å². The number of aryl methyl sites for hydroxylation is 2. The molecule has 5 nitrogen and oxygen atoms in total. The van der Waals surface area contributed by atoms with Gasteiger partial charge in [0.1, 0.15) is 0 Å². The second kappa shape index (κ2) is 7.11. The van der Waals surface area contributed by atoms with Crippen LogP contribution < -0.4 is 10.9 Å². The van der Waals surface area contributed by atoms with E-state index in [-0.39, 0.29) is 18.0 Å². The molecule has 0 saturated heterocycles. The van der Waals surface area contributed by atoms with Crippen molar-refractivity contribution in [2.75, 3.05) is 0 Å². The minimum Gasteiger partial charge on any atom is -0.348 e. The van der Waals surface area contributed by atoms with Crippen molar-refractivity contribution in [3.63, 3.8) is 0 Å². The van der Waals surface area contributed by atoms with Crippen molar-refractivity contribution in [1.29, 1.82) is 0 Å². The summed E-state index contributed by atoms with van der Waals surface area (Å²) < 4.78 is 2.98.